The van der Waals surface area contributed by atoms with Gasteiger partial charge in [0.05, 0.1) is 18.9 Å². The molecular weight excluding hydrogens is 218 g/mol. The van der Waals surface area contributed by atoms with Gasteiger partial charge in [-0.2, -0.15) is 0 Å². The summed E-state index contributed by atoms with van der Waals surface area (Å²) in [7, 11) is 0. The van der Waals surface area contributed by atoms with Crippen LogP contribution in [0.15, 0.2) is 24.0 Å². The maximum atomic E-state index is 5.44. The van der Waals surface area contributed by atoms with Crippen molar-refractivity contribution in [3.63, 3.8) is 0 Å². The molecule has 0 aromatic carbocycles. The number of likely N-dealkylation sites (N-methyl/N-ethyl adjacent to an activating group) is 1. The molecule has 3 heteroatoms. The zero-order valence-corrected chi connectivity index (χ0v) is 10.8. The van der Waals surface area contributed by atoms with Gasteiger partial charge >= 0.3 is 0 Å². The second-order valence-electron chi connectivity index (χ2n) is 4.11. The van der Waals surface area contributed by atoms with Crippen LogP contribution in [-0.4, -0.2) is 13.2 Å². The fourth-order valence-electron chi connectivity index (χ4n) is 2.02. The van der Waals surface area contributed by atoms with Crippen molar-refractivity contribution < 1.29 is 4.74 Å². The van der Waals surface area contributed by atoms with Gasteiger partial charge in [-0.05, 0) is 44.0 Å². The first kappa shape index (κ1) is 11.7. The summed E-state index contributed by atoms with van der Waals surface area (Å²) in [4.78, 5) is 2.77. The van der Waals surface area contributed by atoms with Crippen molar-refractivity contribution >= 4 is 11.3 Å². The monoisotopic (exact) mass is 237 g/mol. The third-order valence-electron chi connectivity index (χ3n) is 2.79. The molecule has 1 aliphatic rings. The fourth-order valence-corrected chi connectivity index (χ4v) is 3.02. The topological polar surface area (TPSA) is 21.3 Å². The smallest absolute Gasteiger partial charge is 0.0876 e. The van der Waals surface area contributed by atoms with Gasteiger partial charge in [0, 0.05) is 9.75 Å². The third kappa shape index (κ3) is 2.66. The minimum absolute atomic E-state index is 0.351. The Bertz CT molecular complexity index is 370. The standard InChI is InChI=1S/C13H19NOS/c1-3-14-13(11-5-4-8-15-9-11)12-7-6-10(2)16-12/h6-7,9,13-14H,3-5,8H2,1-2H3. The molecule has 0 aliphatic carbocycles. The van der Waals surface area contributed by atoms with Gasteiger partial charge < -0.3 is 10.1 Å². The highest BCUT2D eigenvalue weighted by Crippen LogP contribution is 2.31. The van der Waals surface area contributed by atoms with Crippen molar-refractivity contribution in [2.45, 2.75) is 32.7 Å². The summed E-state index contributed by atoms with van der Waals surface area (Å²) in [6.07, 6.45) is 4.23. The van der Waals surface area contributed by atoms with Crippen LogP contribution in [0.2, 0.25) is 0 Å². The van der Waals surface area contributed by atoms with E-state index >= 15 is 0 Å². The lowest BCUT2D eigenvalue weighted by molar-refractivity contribution is 0.219. The van der Waals surface area contributed by atoms with Crippen LogP contribution >= 0.6 is 11.3 Å². The van der Waals surface area contributed by atoms with E-state index < -0.39 is 0 Å². The van der Waals surface area contributed by atoms with E-state index in [1.807, 2.05) is 17.6 Å². The number of hydrogen-bond donors (Lipinski definition) is 1. The molecule has 0 bridgehead atoms. The Hall–Kier alpha value is -0.800. The SMILES string of the molecule is CCNC(C1=COCCC1)c1ccc(C)s1. The van der Waals surface area contributed by atoms with E-state index in [1.54, 1.807) is 0 Å². The molecule has 0 fully saturated rings. The molecule has 1 aliphatic heterocycles. The first-order chi connectivity index (χ1) is 7.81. The minimum Gasteiger partial charge on any atom is -0.501 e. The van der Waals surface area contributed by atoms with E-state index in [-0.39, 0.29) is 0 Å². The summed E-state index contributed by atoms with van der Waals surface area (Å²) in [6.45, 7) is 6.16. The Labute approximate surface area is 101 Å². The van der Waals surface area contributed by atoms with Crippen LogP contribution in [0.4, 0.5) is 0 Å². The van der Waals surface area contributed by atoms with Gasteiger partial charge in [0.25, 0.3) is 0 Å². The van der Waals surface area contributed by atoms with E-state index in [2.05, 4.69) is 31.3 Å². The summed E-state index contributed by atoms with van der Waals surface area (Å²) in [5.41, 5.74) is 1.38. The molecule has 1 aromatic heterocycles. The summed E-state index contributed by atoms with van der Waals surface area (Å²) < 4.78 is 5.44. The molecule has 2 rings (SSSR count). The highest BCUT2D eigenvalue weighted by molar-refractivity contribution is 7.12. The molecule has 2 nitrogen and oxygen atoms in total. The number of hydrogen-bond acceptors (Lipinski definition) is 3. The van der Waals surface area contributed by atoms with Crippen LogP contribution in [0.25, 0.3) is 0 Å². The van der Waals surface area contributed by atoms with Gasteiger partial charge in [0.2, 0.25) is 0 Å². The van der Waals surface area contributed by atoms with Gasteiger partial charge in [-0.1, -0.05) is 6.92 Å². The van der Waals surface area contributed by atoms with Crippen LogP contribution < -0.4 is 5.32 Å². The Balaban J connectivity index is 2.19. The van der Waals surface area contributed by atoms with Crippen LogP contribution in [0.5, 0.6) is 0 Å². The average molecular weight is 237 g/mol. The average Bonchev–Trinajstić information content (AvgIpc) is 2.74. The molecule has 88 valence electrons. The summed E-state index contributed by atoms with van der Waals surface area (Å²) in [5.74, 6) is 0. The first-order valence-corrected chi connectivity index (χ1v) is 6.73. The lowest BCUT2D eigenvalue weighted by Gasteiger charge is -2.23. The molecule has 1 aromatic rings. The highest BCUT2D eigenvalue weighted by atomic mass is 32.1. The molecular formula is C13H19NOS. The predicted molar refractivity (Wildman–Crippen MR) is 68.7 cm³/mol. The molecule has 1 N–H and O–H groups in total. The molecule has 1 atom stereocenters. The van der Waals surface area contributed by atoms with Crippen molar-refractivity contribution in [3.8, 4) is 0 Å². The minimum atomic E-state index is 0.351. The van der Waals surface area contributed by atoms with Crippen molar-refractivity contribution in [2.75, 3.05) is 13.2 Å². The third-order valence-corrected chi connectivity index (χ3v) is 3.85. The number of rotatable bonds is 4. The Morgan fingerprint density at radius 1 is 1.50 bits per heavy atom. The maximum absolute atomic E-state index is 5.44. The van der Waals surface area contributed by atoms with Crippen LogP contribution in [0.3, 0.4) is 0 Å². The quantitative estimate of drug-likeness (QED) is 0.866. The van der Waals surface area contributed by atoms with Crippen LogP contribution in [0, 0.1) is 6.92 Å². The first-order valence-electron chi connectivity index (χ1n) is 5.91. The lowest BCUT2D eigenvalue weighted by Crippen LogP contribution is -2.23. The molecule has 0 spiro atoms. The van der Waals surface area contributed by atoms with Gasteiger partial charge in [0.1, 0.15) is 0 Å². The summed E-state index contributed by atoms with van der Waals surface area (Å²) in [6, 6.07) is 4.76. The van der Waals surface area contributed by atoms with Gasteiger partial charge in [-0.15, -0.1) is 11.3 Å². The molecule has 0 saturated heterocycles. The van der Waals surface area contributed by atoms with Gasteiger partial charge in [-0.25, -0.2) is 0 Å². The molecule has 2 heterocycles. The lowest BCUT2D eigenvalue weighted by atomic mass is 10.0. The molecule has 1 unspecified atom stereocenters. The second kappa shape index (κ2) is 5.51. The highest BCUT2D eigenvalue weighted by Gasteiger charge is 2.19. The number of nitrogens with one attached hydrogen (secondary N) is 1. The van der Waals surface area contributed by atoms with Crippen molar-refractivity contribution in [3.05, 3.63) is 33.7 Å². The van der Waals surface area contributed by atoms with E-state index in [4.69, 9.17) is 4.74 Å². The number of thiophene rings is 1. The molecule has 0 radical (unpaired) electrons. The van der Waals surface area contributed by atoms with Crippen molar-refractivity contribution in [1.29, 1.82) is 0 Å². The molecule has 16 heavy (non-hydrogen) atoms. The summed E-state index contributed by atoms with van der Waals surface area (Å²) >= 11 is 1.87. The Morgan fingerprint density at radius 2 is 2.38 bits per heavy atom. The largest absolute Gasteiger partial charge is 0.501 e. The van der Waals surface area contributed by atoms with E-state index in [0.29, 0.717) is 6.04 Å². The molecule has 0 saturated carbocycles. The zero-order chi connectivity index (χ0) is 11.4. The number of aryl methyl sites for hydroxylation is 1. The maximum Gasteiger partial charge on any atom is 0.0876 e. The van der Waals surface area contributed by atoms with E-state index in [0.717, 1.165) is 26.0 Å². The van der Waals surface area contributed by atoms with E-state index in [9.17, 15) is 0 Å². The predicted octanol–water partition coefficient (Wildman–Crippen LogP) is 3.40. The normalized spacial score (nSPS) is 17.8. The van der Waals surface area contributed by atoms with Crippen LogP contribution in [0.1, 0.15) is 35.6 Å². The van der Waals surface area contributed by atoms with Crippen LogP contribution in [-0.2, 0) is 4.74 Å². The second-order valence-corrected chi connectivity index (χ2v) is 5.43. The van der Waals surface area contributed by atoms with Crippen molar-refractivity contribution in [1.82, 2.24) is 5.32 Å². The van der Waals surface area contributed by atoms with Gasteiger partial charge in [-0.3, -0.25) is 0 Å². The Morgan fingerprint density at radius 3 is 2.94 bits per heavy atom. The number of ether oxygens (including phenoxy) is 1. The van der Waals surface area contributed by atoms with Crippen molar-refractivity contribution in [2.24, 2.45) is 0 Å². The zero-order valence-electron chi connectivity index (χ0n) is 9.95. The Kier molecular flexibility index (Phi) is 4.02. The summed E-state index contributed by atoms with van der Waals surface area (Å²) in [5, 5.41) is 3.54. The van der Waals surface area contributed by atoms with Gasteiger partial charge in [0.15, 0.2) is 0 Å². The van der Waals surface area contributed by atoms with E-state index in [1.165, 1.54) is 15.3 Å². The fraction of sp³-hybridized carbons (Fsp3) is 0.538. The molecule has 0 amide bonds.